The Labute approximate surface area is 148 Å². The van der Waals surface area contributed by atoms with Gasteiger partial charge in [0.15, 0.2) is 0 Å². The zero-order chi connectivity index (χ0) is 17.1. The summed E-state index contributed by atoms with van der Waals surface area (Å²) in [5, 5.41) is 8.03. The monoisotopic (exact) mass is 332 g/mol. The Morgan fingerprint density at radius 2 is 1.92 bits per heavy atom. The van der Waals surface area contributed by atoms with Crippen molar-refractivity contribution >= 4 is 0 Å². The lowest BCUT2D eigenvalue weighted by atomic mass is 9.89. The second-order valence-corrected chi connectivity index (χ2v) is 6.75. The van der Waals surface area contributed by atoms with Gasteiger partial charge in [0.1, 0.15) is 0 Å². The van der Waals surface area contributed by atoms with Gasteiger partial charge in [0.2, 0.25) is 0 Å². The van der Waals surface area contributed by atoms with Crippen LogP contribution in [0.2, 0.25) is 0 Å². The van der Waals surface area contributed by atoms with Crippen molar-refractivity contribution < 1.29 is 0 Å². The van der Waals surface area contributed by atoms with Crippen LogP contribution in [0.1, 0.15) is 47.3 Å². The molecule has 0 aliphatic carbocycles. The SMILES string of the molecule is CCC(c1ccccc1)c1n[nH]c2c1CN(Cc1ccncc1)CC2. The fourth-order valence-electron chi connectivity index (χ4n) is 3.81. The lowest BCUT2D eigenvalue weighted by Crippen LogP contribution is -2.30. The molecule has 0 saturated heterocycles. The molecule has 2 aromatic heterocycles. The van der Waals surface area contributed by atoms with Crippen molar-refractivity contribution in [2.75, 3.05) is 6.54 Å². The maximum Gasteiger partial charge on any atom is 0.0744 e. The molecule has 128 valence electrons. The molecule has 1 aliphatic heterocycles. The van der Waals surface area contributed by atoms with Crippen LogP contribution in [0.5, 0.6) is 0 Å². The molecule has 0 saturated carbocycles. The van der Waals surface area contributed by atoms with E-state index < -0.39 is 0 Å². The zero-order valence-corrected chi connectivity index (χ0v) is 14.7. The molecule has 1 atom stereocenters. The van der Waals surface area contributed by atoms with Crippen LogP contribution >= 0.6 is 0 Å². The maximum absolute atomic E-state index is 4.73. The van der Waals surface area contributed by atoms with Crippen molar-refractivity contribution in [3.05, 3.63) is 82.9 Å². The van der Waals surface area contributed by atoms with Gasteiger partial charge < -0.3 is 0 Å². The van der Waals surface area contributed by atoms with Crippen LogP contribution in [0.15, 0.2) is 54.9 Å². The van der Waals surface area contributed by atoms with Crippen LogP contribution < -0.4 is 0 Å². The van der Waals surface area contributed by atoms with Crippen molar-refractivity contribution in [2.45, 2.75) is 38.8 Å². The Kier molecular flexibility index (Phi) is 4.61. The van der Waals surface area contributed by atoms with Crippen molar-refractivity contribution in [2.24, 2.45) is 0 Å². The predicted octanol–water partition coefficient (Wildman–Crippen LogP) is 3.90. The summed E-state index contributed by atoms with van der Waals surface area (Å²) in [6.45, 7) is 5.25. The topological polar surface area (TPSA) is 44.8 Å². The third-order valence-electron chi connectivity index (χ3n) is 5.14. The summed E-state index contributed by atoms with van der Waals surface area (Å²) in [5.41, 5.74) is 6.61. The lowest BCUT2D eigenvalue weighted by Gasteiger charge is -2.28. The van der Waals surface area contributed by atoms with Gasteiger partial charge in [-0.1, -0.05) is 37.3 Å². The number of nitrogens with zero attached hydrogens (tertiary/aromatic N) is 3. The van der Waals surface area contributed by atoms with E-state index in [9.17, 15) is 0 Å². The minimum absolute atomic E-state index is 0.363. The van der Waals surface area contributed by atoms with E-state index in [4.69, 9.17) is 5.10 Å². The number of fused-ring (bicyclic) bond motifs is 1. The summed E-state index contributed by atoms with van der Waals surface area (Å²) in [6, 6.07) is 14.9. The van der Waals surface area contributed by atoms with Crippen LogP contribution in [0.4, 0.5) is 0 Å². The molecule has 3 aromatic rings. The Balaban J connectivity index is 1.58. The molecule has 1 unspecified atom stereocenters. The number of aromatic nitrogens is 3. The summed E-state index contributed by atoms with van der Waals surface area (Å²) < 4.78 is 0. The van der Waals surface area contributed by atoms with Crippen LogP contribution in [0.3, 0.4) is 0 Å². The fourth-order valence-corrected chi connectivity index (χ4v) is 3.81. The number of benzene rings is 1. The first kappa shape index (κ1) is 16.0. The number of aromatic amines is 1. The van der Waals surface area contributed by atoms with Gasteiger partial charge in [-0.3, -0.25) is 15.0 Å². The molecule has 0 fully saturated rings. The molecule has 4 rings (SSSR count). The molecule has 0 radical (unpaired) electrons. The van der Waals surface area contributed by atoms with Crippen molar-refractivity contribution in [3.63, 3.8) is 0 Å². The highest BCUT2D eigenvalue weighted by Gasteiger charge is 2.26. The highest BCUT2D eigenvalue weighted by Crippen LogP contribution is 2.32. The van der Waals surface area contributed by atoms with Gasteiger partial charge in [0, 0.05) is 55.6 Å². The van der Waals surface area contributed by atoms with Crippen LogP contribution in [0, 0.1) is 0 Å². The first-order valence-electron chi connectivity index (χ1n) is 9.07. The summed E-state index contributed by atoms with van der Waals surface area (Å²) in [7, 11) is 0. The quantitative estimate of drug-likeness (QED) is 0.770. The third kappa shape index (κ3) is 3.35. The first-order valence-corrected chi connectivity index (χ1v) is 9.07. The Bertz CT molecular complexity index is 810. The number of hydrogen-bond donors (Lipinski definition) is 1. The molecule has 1 N–H and O–H groups in total. The molecule has 4 nitrogen and oxygen atoms in total. The van der Waals surface area contributed by atoms with E-state index in [1.54, 1.807) is 0 Å². The summed E-state index contributed by atoms with van der Waals surface area (Å²) in [4.78, 5) is 6.62. The molecule has 0 spiro atoms. The van der Waals surface area contributed by atoms with E-state index in [-0.39, 0.29) is 0 Å². The van der Waals surface area contributed by atoms with Crippen LogP contribution in [-0.4, -0.2) is 26.6 Å². The van der Waals surface area contributed by atoms with E-state index in [1.165, 1.54) is 28.1 Å². The Morgan fingerprint density at radius 1 is 1.12 bits per heavy atom. The third-order valence-corrected chi connectivity index (χ3v) is 5.14. The van der Waals surface area contributed by atoms with Gasteiger partial charge in [-0.25, -0.2) is 0 Å². The highest BCUT2D eigenvalue weighted by molar-refractivity contribution is 5.37. The molecule has 4 heteroatoms. The average Bonchev–Trinajstić information content (AvgIpc) is 3.07. The van der Waals surface area contributed by atoms with E-state index in [1.807, 2.05) is 12.4 Å². The molecule has 3 heterocycles. The molecule has 0 amide bonds. The number of H-pyrrole nitrogens is 1. The highest BCUT2D eigenvalue weighted by atomic mass is 15.2. The largest absolute Gasteiger partial charge is 0.294 e. The predicted molar refractivity (Wildman–Crippen MR) is 99.2 cm³/mol. The Morgan fingerprint density at radius 3 is 2.68 bits per heavy atom. The molecule has 1 aliphatic rings. The number of nitrogens with one attached hydrogen (secondary N) is 1. The van der Waals surface area contributed by atoms with E-state index in [0.717, 1.165) is 32.5 Å². The molecule has 0 bridgehead atoms. The van der Waals surface area contributed by atoms with Gasteiger partial charge >= 0.3 is 0 Å². The summed E-state index contributed by atoms with van der Waals surface area (Å²) in [5.74, 6) is 0.363. The second-order valence-electron chi connectivity index (χ2n) is 6.75. The van der Waals surface area contributed by atoms with E-state index in [2.05, 4.69) is 64.4 Å². The summed E-state index contributed by atoms with van der Waals surface area (Å²) in [6.07, 6.45) is 5.84. The number of pyridine rings is 1. The first-order chi connectivity index (χ1) is 12.3. The zero-order valence-electron chi connectivity index (χ0n) is 14.7. The summed E-state index contributed by atoms with van der Waals surface area (Å²) >= 11 is 0. The van der Waals surface area contributed by atoms with Gasteiger partial charge in [0.05, 0.1) is 5.69 Å². The standard InChI is InChI=1S/C21H24N4/c1-2-18(17-6-4-3-5-7-17)21-19-15-25(13-10-20(19)23-24-21)14-16-8-11-22-12-9-16/h3-9,11-12,18H,2,10,13-15H2,1H3,(H,23,24). The minimum Gasteiger partial charge on any atom is -0.294 e. The second kappa shape index (κ2) is 7.19. The fraction of sp³-hybridized carbons (Fsp3) is 0.333. The maximum atomic E-state index is 4.73. The van der Waals surface area contributed by atoms with Crippen LogP contribution in [-0.2, 0) is 19.5 Å². The Hall–Kier alpha value is -2.46. The normalized spacial score (nSPS) is 15.7. The molecule has 1 aromatic carbocycles. The van der Waals surface area contributed by atoms with Gasteiger partial charge in [-0.05, 0) is 29.7 Å². The van der Waals surface area contributed by atoms with Gasteiger partial charge in [0.25, 0.3) is 0 Å². The van der Waals surface area contributed by atoms with Crippen molar-refractivity contribution in [1.29, 1.82) is 0 Å². The van der Waals surface area contributed by atoms with Crippen LogP contribution in [0.25, 0.3) is 0 Å². The smallest absolute Gasteiger partial charge is 0.0744 e. The lowest BCUT2D eigenvalue weighted by molar-refractivity contribution is 0.243. The molecular weight excluding hydrogens is 308 g/mol. The minimum atomic E-state index is 0.363. The van der Waals surface area contributed by atoms with E-state index >= 15 is 0 Å². The van der Waals surface area contributed by atoms with Gasteiger partial charge in [-0.2, -0.15) is 5.10 Å². The number of rotatable bonds is 5. The van der Waals surface area contributed by atoms with Gasteiger partial charge in [-0.15, -0.1) is 0 Å². The van der Waals surface area contributed by atoms with E-state index in [0.29, 0.717) is 5.92 Å². The molecular formula is C21H24N4. The molecule has 25 heavy (non-hydrogen) atoms. The van der Waals surface area contributed by atoms with Crippen molar-refractivity contribution in [3.8, 4) is 0 Å². The number of hydrogen-bond acceptors (Lipinski definition) is 3. The van der Waals surface area contributed by atoms with Crippen molar-refractivity contribution in [1.82, 2.24) is 20.1 Å². The average molecular weight is 332 g/mol.